The minimum atomic E-state index is -1.23. The van der Waals surface area contributed by atoms with Crippen LogP contribution in [-0.4, -0.2) is 39.4 Å². The van der Waals surface area contributed by atoms with Crippen molar-refractivity contribution in [2.24, 2.45) is 0 Å². The van der Waals surface area contributed by atoms with Crippen molar-refractivity contribution in [1.82, 2.24) is 4.90 Å². The molecule has 0 heterocycles. The lowest BCUT2D eigenvalue weighted by atomic mass is 9.80. The topological polar surface area (TPSA) is 101 Å². The predicted octanol–water partition coefficient (Wildman–Crippen LogP) is 3.02. The largest absolute Gasteiger partial charge is 0.479 e. The molecular weight excluding hydrogens is 312 g/mol. The molecule has 1 aromatic carbocycles. The fourth-order valence-corrected chi connectivity index (χ4v) is 3.38. The Bertz CT molecular complexity index is 665. The molecule has 7 nitrogen and oxygen atoms in total. The van der Waals surface area contributed by atoms with Crippen molar-refractivity contribution in [3.8, 4) is 0 Å². The molecule has 1 saturated carbocycles. The molecule has 1 aliphatic carbocycles. The molecule has 7 heteroatoms. The number of nitrogens with zero attached hydrogens (tertiary/aromatic N) is 2. The maximum atomic E-state index is 12.8. The van der Waals surface area contributed by atoms with Crippen LogP contribution in [-0.2, 0) is 11.2 Å². The number of aliphatic carboxylic acids is 1. The Morgan fingerprint density at radius 2 is 1.92 bits per heavy atom. The molecule has 1 aliphatic rings. The van der Waals surface area contributed by atoms with Gasteiger partial charge >= 0.3 is 5.97 Å². The van der Waals surface area contributed by atoms with Gasteiger partial charge in [-0.2, -0.15) is 0 Å². The van der Waals surface area contributed by atoms with Gasteiger partial charge in [-0.05, 0) is 25.3 Å². The number of amides is 1. The Morgan fingerprint density at radius 3 is 2.42 bits per heavy atom. The van der Waals surface area contributed by atoms with E-state index in [1.54, 1.807) is 13.0 Å². The molecule has 1 amide bonds. The number of rotatable bonds is 5. The van der Waals surface area contributed by atoms with E-state index in [0.717, 1.165) is 19.3 Å². The van der Waals surface area contributed by atoms with E-state index in [-0.39, 0.29) is 11.3 Å². The maximum absolute atomic E-state index is 12.8. The molecule has 0 unspecified atom stereocenters. The molecule has 0 radical (unpaired) electrons. The molecule has 0 aliphatic heterocycles. The van der Waals surface area contributed by atoms with Crippen molar-refractivity contribution in [2.45, 2.75) is 51.0 Å². The van der Waals surface area contributed by atoms with Crippen molar-refractivity contribution in [3.05, 3.63) is 39.4 Å². The zero-order valence-corrected chi connectivity index (χ0v) is 13.9. The summed E-state index contributed by atoms with van der Waals surface area (Å²) >= 11 is 0. The molecule has 0 spiro atoms. The number of hydrogen-bond donors (Lipinski definition) is 1. The lowest BCUT2D eigenvalue weighted by Crippen LogP contribution is -2.56. The maximum Gasteiger partial charge on any atom is 0.329 e. The van der Waals surface area contributed by atoms with Crippen LogP contribution in [0.25, 0.3) is 0 Å². The standard InChI is InChI=1S/C17H22N2O5/c1-3-12-7-8-13(11-14(12)19(23)24)15(20)18(2)17(16(21)22)9-5-4-6-10-17/h7-8,11H,3-6,9-10H2,1-2H3,(H,21,22). The minimum Gasteiger partial charge on any atom is -0.479 e. The molecule has 0 saturated heterocycles. The van der Waals surface area contributed by atoms with Crippen molar-refractivity contribution >= 4 is 17.6 Å². The third-order valence-electron chi connectivity index (χ3n) is 4.94. The molecule has 0 aromatic heterocycles. The molecule has 130 valence electrons. The van der Waals surface area contributed by atoms with Crippen LogP contribution in [0.15, 0.2) is 18.2 Å². The number of likely N-dealkylation sites (N-methyl/N-ethyl adjacent to an activating group) is 1. The summed E-state index contributed by atoms with van der Waals surface area (Å²) in [6.07, 6.45) is 3.74. The Hall–Kier alpha value is -2.44. The van der Waals surface area contributed by atoms with Gasteiger partial charge in [-0.15, -0.1) is 0 Å². The van der Waals surface area contributed by atoms with E-state index in [9.17, 15) is 24.8 Å². The SMILES string of the molecule is CCc1ccc(C(=O)N(C)C2(C(=O)O)CCCCC2)cc1[N+](=O)[O-]. The molecule has 24 heavy (non-hydrogen) atoms. The quantitative estimate of drug-likeness (QED) is 0.659. The number of hydrogen-bond acceptors (Lipinski definition) is 4. The number of benzene rings is 1. The summed E-state index contributed by atoms with van der Waals surface area (Å²) in [7, 11) is 1.47. The van der Waals surface area contributed by atoms with E-state index in [1.807, 2.05) is 0 Å². The highest BCUT2D eigenvalue weighted by atomic mass is 16.6. The molecule has 0 atom stereocenters. The van der Waals surface area contributed by atoms with Crippen LogP contribution < -0.4 is 0 Å². The molecule has 2 rings (SSSR count). The molecule has 0 bridgehead atoms. The zero-order chi connectivity index (χ0) is 17.9. The summed E-state index contributed by atoms with van der Waals surface area (Å²) in [5.41, 5.74) is -0.643. The van der Waals surface area contributed by atoms with Crippen molar-refractivity contribution in [3.63, 3.8) is 0 Å². The normalized spacial score (nSPS) is 16.4. The van der Waals surface area contributed by atoms with Crippen LogP contribution in [0.4, 0.5) is 5.69 Å². The van der Waals surface area contributed by atoms with Crippen molar-refractivity contribution in [2.75, 3.05) is 7.05 Å². The lowest BCUT2D eigenvalue weighted by molar-refractivity contribution is -0.385. The number of aryl methyl sites for hydroxylation is 1. The monoisotopic (exact) mass is 334 g/mol. The first-order valence-corrected chi connectivity index (χ1v) is 8.12. The Kier molecular flexibility index (Phi) is 5.21. The lowest BCUT2D eigenvalue weighted by Gasteiger charge is -2.41. The summed E-state index contributed by atoms with van der Waals surface area (Å²) in [5.74, 6) is -1.51. The number of carbonyl (C=O) groups is 2. The minimum absolute atomic E-state index is 0.107. The van der Waals surface area contributed by atoms with E-state index in [4.69, 9.17) is 0 Å². The third-order valence-corrected chi connectivity index (χ3v) is 4.94. The van der Waals surface area contributed by atoms with Gasteiger partial charge in [-0.25, -0.2) is 4.79 Å². The Morgan fingerprint density at radius 1 is 1.29 bits per heavy atom. The Labute approximate surface area is 140 Å². The van der Waals surface area contributed by atoms with E-state index >= 15 is 0 Å². The van der Waals surface area contributed by atoms with Crippen LogP contribution >= 0.6 is 0 Å². The highest BCUT2D eigenvalue weighted by molar-refractivity contribution is 5.98. The highest BCUT2D eigenvalue weighted by Crippen LogP contribution is 2.34. The van der Waals surface area contributed by atoms with E-state index in [1.165, 1.54) is 24.1 Å². The van der Waals surface area contributed by atoms with Crippen molar-refractivity contribution in [1.29, 1.82) is 0 Å². The third kappa shape index (κ3) is 3.11. The number of carboxylic acids is 1. The van der Waals surface area contributed by atoms with Crippen LogP contribution in [0.5, 0.6) is 0 Å². The fourth-order valence-electron chi connectivity index (χ4n) is 3.38. The number of nitro groups is 1. The first-order chi connectivity index (χ1) is 11.3. The summed E-state index contributed by atoms with van der Waals surface area (Å²) in [6, 6.07) is 4.34. The van der Waals surface area contributed by atoms with E-state index < -0.39 is 22.3 Å². The van der Waals surface area contributed by atoms with Gasteiger partial charge < -0.3 is 10.0 Å². The van der Waals surface area contributed by atoms with Gasteiger partial charge in [-0.1, -0.05) is 32.3 Å². The molecule has 1 aromatic rings. The molecule has 1 N–H and O–H groups in total. The van der Waals surface area contributed by atoms with Gasteiger partial charge in [0.05, 0.1) is 4.92 Å². The van der Waals surface area contributed by atoms with Gasteiger partial charge in [0.2, 0.25) is 0 Å². The van der Waals surface area contributed by atoms with Gasteiger partial charge in [0.25, 0.3) is 11.6 Å². The predicted molar refractivity (Wildman–Crippen MR) is 88.0 cm³/mol. The van der Waals surface area contributed by atoms with Gasteiger partial charge in [0.1, 0.15) is 5.54 Å². The fraction of sp³-hybridized carbons (Fsp3) is 0.529. The van der Waals surface area contributed by atoms with Crippen LogP contribution in [0.2, 0.25) is 0 Å². The second-order valence-electron chi connectivity index (χ2n) is 6.22. The second kappa shape index (κ2) is 6.98. The average molecular weight is 334 g/mol. The average Bonchev–Trinajstić information content (AvgIpc) is 2.60. The first kappa shape index (κ1) is 17.9. The highest BCUT2D eigenvalue weighted by Gasteiger charge is 2.45. The summed E-state index contributed by atoms with van der Waals surface area (Å²) < 4.78 is 0. The van der Waals surface area contributed by atoms with Crippen LogP contribution in [0.3, 0.4) is 0 Å². The van der Waals surface area contributed by atoms with Gasteiger partial charge in [0.15, 0.2) is 0 Å². The Balaban J connectivity index is 2.38. The smallest absolute Gasteiger partial charge is 0.329 e. The summed E-state index contributed by atoms with van der Waals surface area (Å²) in [6.45, 7) is 1.80. The molecular formula is C17H22N2O5. The van der Waals surface area contributed by atoms with Gasteiger partial charge in [0, 0.05) is 24.2 Å². The number of carbonyl (C=O) groups excluding carboxylic acids is 1. The van der Waals surface area contributed by atoms with Crippen LogP contribution in [0, 0.1) is 10.1 Å². The zero-order valence-electron chi connectivity index (χ0n) is 13.9. The van der Waals surface area contributed by atoms with Crippen LogP contribution in [0.1, 0.15) is 54.9 Å². The number of carboxylic acid groups (broad SMARTS) is 1. The summed E-state index contributed by atoms with van der Waals surface area (Å²) in [4.78, 5) is 36.5. The summed E-state index contributed by atoms with van der Waals surface area (Å²) in [5, 5.41) is 20.9. The second-order valence-corrected chi connectivity index (χ2v) is 6.22. The van der Waals surface area contributed by atoms with E-state index in [2.05, 4.69) is 0 Å². The van der Waals surface area contributed by atoms with E-state index in [0.29, 0.717) is 24.8 Å². The first-order valence-electron chi connectivity index (χ1n) is 8.12. The van der Waals surface area contributed by atoms with Crippen molar-refractivity contribution < 1.29 is 19.6 Å². The molecule has 1 fully saturated rings. The number of nitro benzene ring substituents is 1. The van der Waals surface area contributed by atoms with Gasteiger partial charge in [-0.3, -0.25) is 14.9 Å².